The number of aromatic nitrogens is 2. The lowest BCUT2D eigenvalue weighted by atomic mass is 10.4. The molecule has 0 saturated carbocycles. The molecule has 3 nitrogen and oxygen atoms in total. The van der Waals surface area contributed by atoms with E-state index < -0.39 is 0 Å². The van der Waals surface area contributed by atoms with Gasteiger partial charge in [-0.1, -0.05) is 6.92 Å². The van der Waals surface area contributed by atoms with Gasteiger partial charge in [0.05, 0.1) is 6.54 Å². The van der Waals surface area contributed by atoms with Crippen LogP contribution in [0.4, 0.5) is 0 Å². The maximum atomic E-state index is 4.40. The molecule has 0 fully saturated rings. The summed E-state index contributed by atoms with van der Waals surface area (Å²) < 4.78 is 2.17. The Bertz CT molecular complexity index is 456. The molecule has 4 heteroatoms. The largest absolute Gasteiger partial charge is 0.302 e. The molecule has 0 radical (unpaired) electrons. The van der Waals surface area contributed by atoms with Gasteiger partial charge in [0, 0.05) is 17.3 Å². The summed E-state index contributed by atoms with van der Waals surface area (Å²) in [5.41, 5.74) is 0. The Hall–Kier alpha value is -1.13. The molecular formula is C12H17N3S. The zero-order valence-corrected chi connectivity index (χ0v) is 10.8. The van der Waals surface area contributed by atoms with Gasteiger partial charge >= 0.3 is 0 Å². The average molecular weight is 235 g/mol. The van der Waals surface area contributed by atoms with E-state index in [1.165, 1.54) is 9.88 Å². The van der Waals surface area contributed by atoms with E-state index in [0.717, 1.165) is 18.8 Å². The highest BCUT2D eigenvalue weighted by Gasteiger charge is 2.07. The van der Waals surface area contributed by atoms with Crippen LogP contribution in [0.25, 0.3) is 5.00 Å². The van der Waals surface area contributed by atoms with Gasteiger partial charge in [-0.25, -0.2) is 4.98 Å². The van der Waals surface area contributed by atoms with Crippen LogP contribution in [0.5, 0.6) is 0 Å². The lowest BCUT2D eigenvalue weighted by Gasteiger charge is -2.10. The third kappa shape index (κ3) is 2.33. The molecule has 0 bridgehead atoms. The fraction of sp³-hybridized carbons (Fsp3) is 0.417. The zero-order valence-electron chi connectivity index (χ0n) is 9.97. The summed E-state index contributed by atoms with van der Waals surface area (Å²) in [6.45, 7) is 3.05. The summed E-state index contributed by atoms with van der Waals surface area (Å²) >= 11 is 1.84. The van der Waals surface area contributed by atoms with Gasteiger partial charge in [-0.15, -0.1) is 11.3 Å². The van der Waals surface area contributed by atoms with Gasteiger partial charge in [0.2, 0.25) is 0 Å². The van der Waals surface area contributed by atoms with Gasteiger partial charge in [-0.3, -0.25) is 4.57 Å². The van der Waals surface area contributed by atoms with Gasteiger partial charge < -0.3 is 4.90 Å². The van der Waals surface area contributed by atoms with Crippen LogP contribution in [0.1, 0.15) is 17.6 Å². The maximum Gasteiger partial charge on any atom is 0.128 e. The summed E-state index contributed by atoms with van der Waals surface area (Å²) in [6, 6.07) is 4.36. The van der Waals surface area contributed by atoms with Crippen LogP contribution in [-0.4, -0.2) is 28.5 Å². The van der Waals surface area contributed by atoms with Crippen LogP contribution in [0, 0.1) is 0 Å². The number of rotatable bonds is 4. The SMILES string of the molecule is CCc1ccc(-n2ccnc2CN(C)C)s1. The smallest absolute Gasteiger partial charge is 0.128 e. The summed E-state index contributed by atoms with van der Waals surface area (Å²) in [5, 5.41) is 1.26. The lowest BCUT2D eigenvalue weighted by molar-refractivity contribution is 0.388. The summed E-state index contributed by atoms with van der Waals surface area (Å²) in [5.74, 6) is 1.09. The van der Waals surface area contributed by atoms with Crippen molar-refractivity contribution in [3.63, 3.8) is 0 Å². The molecular weight excluding hydrogens is 218 g/mol. The van der Waals surface area contributed by atoms with Crippen LogP contribution < -0.4 is 0 Å². The number of hydrogen-bond donors (Lipinski definition) is 0. The van der Waals surface area contributed by atoms with E-state index in [0.29, 0.717) is 0 Å². The number of nitrogens with zero attached hydrogens (tertiary/aromatic N) is 3. The van der Waals surface area contributed by atoms with E-state index in [9.17, 15) is 0 Å². The topological polar surface area (TPSA) is 21.1 Å². The van der Waals surface area contributed by atoms with Crippen molar-refractivity contribution >= 4 is 11.3 Å². The second-order valence-corrected chi connectivity index (χ2v) is 5.19. The minimum absolute atomic E-state index is 0.867. The minimum atomic E-state index is 0.867. The third-order valence-electron chi connectivity index (χ3n) is 2.41. The molecule has 2 rings (SSSR count). The van der Waals surface area contributed by atoms with Crippen LogP contribution in [0.3, 0.4) is 0 Å². The first-order valence-corrected chi connectivity index (χ1v) is 6.28. The molecule has 0 aliphatic heterocycles. The Morgan fingerprint density at radius 2 is 2.19 bits per heavy atom. The molecule has 2 heterocycles. The van der Waals surface area contributed by atoms with E-state index >= 15 is 0 Å². The molecule has 0 N–H and O–H groups in total. The normalized spacial score (nSPS) is 11.2. The van der Waals surface area contributed by atoms with Crippen molar-refractivity contribution < 1.29 is 0 Å². The van der Waals surface area contributed by atoms with Crippen molar-refractivity contribution in [2.45, 2.75) is 19.9 Å². The second kappa shape index (κ2) is 4.80. The minimum Gasteiger partial charge on any atom is -0.302 e. The number of imidazole rings is 1. The first-order chi connectivity index (χ1) is 7.70. The predicted octanol–water partition coefficient (Wildman–Crippen LogP) is 2.56. The highest BCUT2D eigenvalue weighted by molar-refractivity contribution is 7.14. The van der Waals surface area contributed by atoms with Crippen molar-refractivity contribution in [2.24, 2.45) is 0 Å². The number of hydrogen-bond acceptors (Lipinski definition) is 3. The van der Waals surface area contributed by atoms with Crippen LogP contribution in [-0.2, 0) is 13.0 Å². The number of thiophene rings is 1. The Morgan fingerprint density at radius 1 is 1.38 bits per heavy atom. The van der Waals surface area contributed by atoms with Crippen molar-refractivity contribution in [3.05, 3.63) is 35.2 Å². The van der Waals surface area contributed by atoms with E-state index in [1.54, 1.807) is 0 Å². The maximum absolute atomic E-state index is 4.40. The van der Waals surface area contributed by atoms with Gasteiger partial charge in [-0.2, -0.15) is 0 Å². The fourth-order valence-electron chi connectivity index (χ4n) is 1.62. The molecule has 0 saturated heterocycles. The van der Waals surface area contributed by atoms with Crippen molar-refractivity contribution in [1.29, 1.82) is 0 Å². The molecule has 0 aliphatic carbocycles. The molecule has 0 aliphatic rings. The molecule has 0 aromatic carbocycles. The summed E-state index contributed by atoms with van der Waals surface area (Å²) in [4.78, 5) is 7.94. The summed E-state index contributed by atoms with van der Waals surface area (Å²) in [7, 11) is 4.12. The van der Waals surface area contributed by atoms with Crippen LogP contribution >= 0.6 is 11.3 Å². The Labute approximate surface area is 100 Å². The molecule has 0 amide bonds. The third-order valence-corrected chi connectivity index (χ3v) is 3.64. The molecule has 86 valence electrons. The quantitative estimate of drug-likeness (QED) is 0.812. The molecule has 0 unspecified atom stereocenters. The van der Waals surface area contributed by atoms with E-state index in [1.807, 2.05) is 23.7 Å². The molecule has 2 aromatic rings. The highest BCUT2D eigenvalue weighted by Crippen LogP contribution is 2.22. The Kier molecular flexibility index (Phi) is 3.41. The van der Waals surface area contributed by atoms with Crippen molar-refractivity contribution in [2.75, 3.05) is 14.1 Å². The lowest BCUT2D eigenvalue weighted by Crippen LogP contribution is -2.14. The second-order valence-electron chi connectivity index (χ2n) is 4.04. The standard InChI is InChI=1S/C12H17N3S/c1-4-10-5-6-12(16-10)15-8-7-13-11(15)9-14(2)3/h5-8H,4,9H2,1-3H3. The highest BCUT2D eigenvalue weighted by atomic mass is 32.1. The molecule has 0 atom stereocenters. The van der Waals surface area contributed by atoms with Gasteiger partial charge in [0.1, 0.15) is 10.8 Å². The summed E-state index contributed by atoms with van der Waals surface area (Å²) in [6.07, 6.45) is 5.00. The van der Waals surface area contributed by atoms with Gasteiger partial charge in [0.25, 0.3) is 0 Å². The fourth-order valence-corrected chi connectivity index (χ4v) is 2.57. The van der Waals surface area contributed by atoms with Crippen LogP contribution in [0.15, 0.2) is 24.5 Å². The number of aryl methyl sites for hydroxylation is 1. The predicted molar refractivity (Wildman–Crippen MR) is 68.2 cm³/mol. The van der Waals surface area contributed by atoms with Crippen molar-refractivity contribution in [1.82, 2.24) is 14.5 Å². The van der Waals surface area contributed by atoms with Crippen molar-refractivity contribution in [3.8, 4) is 5.00 Å². The Morgan fingerprint density at radius 3 is 2.81 bits per heavy atom. The van der Waals surface area contributed by atoms with Gasteiger partial charge in [-0.05, 0) is 32.6 Å². The molecule has 0 spiro atoms. The van der Waals surface area contributed by atoms with E-state index in [4.69, 9.17) is 0 Å². The average Bonchev–Trinajstić information content (AvgIpc) is 2.84. The van der Waals surface area contributed by atoms with Crippen LogP contribution in [0.2, 0.25) is 0 Å². The zero-order chi connectivity index (χ0) is 11.5. The Balaban J connectivity index is 2.29. The monoisotopic (exact) mass is 235 g/mol. The van der Waals surface area contributed by atoms with E-state index in [-0.39, 0.29) is 0 Å². The first-order valence-electron chi connectivity index (χ1n) is 5.46. The van der Waals surface area contributed by atoms with E-state index in [2.05, 4.69) is 47.6 Å². The van der Waals surface area contributed by atoms with Gasteiger partial charge in [0.15, 0.2) is 0 Å². The molecule has 2 aromatic heterocycles. The first kappa shape index (κ1) is 11.4. The molecule has 16 heavy (non-hydrogen) atoms.